The van der Waals surface area contributed by atoms with Gasteiger partial charge in [-0.3, -0.25) is 4.90 Å². The molecule has 1 unspecified atom stereocenters. The van der Waals surface area contributed by atoms with Crippen molar-refractivity contribution in [3.8, 4) is 0 Å². The molecular formula is C19H30N2. The molecule has 1 saturated heterocycles. The first-order valence-corrected chi connectivity index (χ1v) is 8.75. The molecule has 2 fully saturated rings. The highest BCUT2D eigenvalue weighted by Gasteiger charge is 2.46. The average molecular weight is 286 g/mol. The normalized spacial score (nSPS) is 24.1. The second-order valence-corrected chi connectivity index (χ2v) is 6.99. The Hall–Kier alpha value is -0.860. The van der Waals surface area contributed by atoms with Crippen molar-refractivity contribution in [2.45, 2.75) is 63.5 Å². The van der Waals surface area contributed by atoms with E-state index in [-0.39, 0.29) is 0 Å². The van der Waals surface area contributed by atoms with Gasteiger partial charge in [0.1, 0.15) is 0 Å². The average Bonchev–Trinajstić information content (AvgIpc) is 3.00. The van der Waals surface area contributed by atoms with Crippen LogP contribution in [0.25, 0.3) is 0 Å². The summed E-state index contributed by atoms with van der Waals surface area (Å²) in [5.74, 6) is 0. The van der Waals surface area contributed by atoms with Gasteiger partial charge in [-0.15, -0.1) is 0 Å². The number of nitrogens with zero attached hydrogens (tertiary/aromatic N) is 1. The van der Waals surface area contributed by atoms with Gasteiger partial charge in [-0.1, -0.05) is 49.1 Å². The van der Waals surface area contributed by atoms with E-state index in [9.17, 15) is 0 Å². The molecule has 1 N–H and O–H groups in total. The summed E-state index contributed by atoms with van der Waals surface area (Å²) >= 11 is 0. The van der Waals surface area contributed by atoms with E-state index in [2.05, 4.69) is 48.5 Å². The Morgan fingerprint density at radius 1 is 1.05 bits per heavy atom. The van der Waals surface area contributed by atoms with Crippen LogP contribution in [0.15, 0.2) is 24.3 Å². The van der Waals surface area contributed by atoms with Crippen LogP contribution < -0.4 is 5.32 Å². The van der Waals surface area contributed by atoms with Gasteiger partial charge in [0.05, 0.1) is 6.04 Å². The van der Waals surface area contributed by atoms with E-state index < -0.39 is 0 Å². The van der Waals surface area contributed by atoms with Gasteiger partial charge in [0, 0.05) is 5.54 Å². The Kier molecular flexibility index (Phi) is 4.66. The fourth-order valence-electron chi connectivity index (χ4n) is 4.71. The van der Waals surface area contributed by atoms with Crippen molar-refractivity contribution in [3.63, 3.8) is 0 Å². The Balaban J connectivity index is 1.93. The molecule has 2 aliphatic rings. The molecule has 2 nitrogen and oxygen atoms in total. The molecule has 1 saturated carbocycles. The van der Waals surface area contributed by atoms with Crippen LogP contribution in [-0.2, 0) is 0 Å². The molecule has 1 atom stereocenters. The molecule has 116 valence electrons. The van der Waals surface area contributed by atoms with Gasteiger partial charge in [0.15, 0.2) is 0 Å². The third kappa shape index (κ3) is 2.89. The fraction of sp³-hybridized carbons (Fsp3) is 0.684. The van der Waals surface area contributed by atoms with Crippen LogP contribution in [0.4, 0.5) is 0 Å². The molecule has 0 bridgehead atoms. The summed E-state index contributed by atoms with van der Waals surface area (Å²) < 4.78 is 0. The van der Waals surface area contributed by atoms with E-state index in [1.807, 2.05) is 0 Å². The van der Waals surface area contributed by atoms with Crippen LogP contribution in [0.2, 0.25) is 0 Å². The van der Waals surface area contributed by atoms with Crippen molar-refractivity contribution in [1.29, 1.82) is 0 Å². The first-order valence-electron chi connectivity index (χ1n) is 8.75. The van der Waals surface area contributed by atoms with E-state index in [4.69, 9.17) is 0 Å². The molecule has 1 aromatic carbocycles. The predicted molar refractivity (Wildman–Crippen MR) is 89.6 cm³/mol. The van der Waals surface area contributed by atoms with Crippen LogP contribution >= 0.6 is 0 Å². The highest BCUT2D eigenvalue weighted by atomic mass is 15.2. The Labute approximate surface area is 129 Å². The third-order valence-corrected chi connectivity index (χ3v) is 5.66. The van der Waals surface area contributed by atoms with E-state index in [1.165, 1.54) is 69.2 Å². The maximum Gasteiger partial charge on any atom is 0.0504 e. The largest absolute Gasteiger partial charge is 0.311 e. The highest BCUT2D eigenvalue weighted by molar-refractivity contribution is 5.29. The van der Waals surface area contributed by atoms with Gasteiger partial charge in [0.25, 0.3) is 0 Å². The van der Waals surface area contributed by atoms with Crippen molar-refractivity contribution >= 4 is 0 Å². The van der Waals surface area contributed by atoms with Gasteiger partial charge in [-0.2, -0.15) is 0 Å². The Morgan fingerprint density at radius 3 is 2.38 bits per heavy atom. The first-order chi connectivity index (χ1) is 10.3. The quantitative estimate of drug-likeness (QED) is 0.898. The Bertz CT molecular complexity index is 456. The summed E-state index contributed by atoms with van der Waals surface area (Å²) in [6.45, 7) is 4.80. The monoisotopic (exact) mass is 286 g/mol. The van der Waals surface area contributed by atoms with Gasteiger partial charge in [0.2, 0.25) is 0 Å². The topological polar surface area (TPSA) is 15.3 Å². The first kappa shape index (κ1) is 15.1. The van der Waals surface area contributed by atoms with Gasteiger partial charge in [-0.05, 0) is 58.3 Å². The maximum absolute atomic E-state index is 3.68. The maximum atomic E-state index is 3.68. The molecule has 0 spiro atoms. The van der Waals surface area contributed by atoms with Crippen LogP contribution in [0.5, 0.6) is 0 Å². The van der Waals surface area contributed by atoms with E-state index >= 15 is 0 Å². The molecule has 1 aromatic rings. The fourth-order valence-corrected chi connectivity index (χ4v) is 4.71. The summed E-state index contributed by atoms with van der Waals surface area (Å²) in [5, 5.41) is 3.68. The lowest BCUT2D eigenvalue weighted by atomic mass is 9.80. The summed E-state index contributed by atoms with van der Waals surface area (Å²) in [6.07, 6.45) is 9.67. The minimum absolute atomic E-state index is 0.350. The van der Waals surface area contributed by atoms with Crippen molar-refractivity contribution in [2.24, 2.45) is 0 Å². The molecular weight excluding hydrogens is 256 g/mol. The lowest BCUT2D eigenvalue weighted by Crippen LogP contribution is -2.56. The number of likely N-dealkylation sites (N-methyl/N-ethyl adjacent to an activating group) is 1. The molecule has 1 aliphatic heterocycles. The SMILES string of the molecule is CNC(c1cccc(C)c1)C1(N2CCCCC2)CCCC1. The number of nitrogens with one attached hydrogen (secondary N) is 1. The van der Waals surface area contributed by atoms with E-state index in [0.29, 0.717) is 11.6 Å². The number of aryl methyl sites for hydroxylation is 1. The number of hydrogen-bond donors (Lipinski definition) is 1. The molecule has 3 rings (SSSR count). The van der Waals surface area contributed by atoms with Crippen molar-refractivity contribution in [3.05, 3.63) is 35.4 Å². The molecule has 1 heterocycles. The van der Waals surface area contributed by atoms with Crippen LogP contribution in [-0.4, -0.2) is 30.6 Å². The van der Waals surface area contributed by atoms with Crippen LogP contribution in [0, 0.1) is 6.92 Å². The van der Waals surface area contributed by atoms with Crippen LogP contribution in [0.3, 0.4) is 0 Å². The van der Waals surface area contributed by atoms with Gasteiger partial charge < -0.3 is 5.32 Å². The molecule has 2 heteroatoms. The predicted octanol–water partition coefficient (Wildman–Crippen LogP) is 4.05. The smallest absolute Gasteiger partial charge is 0.0504 e. The zero-order valence-electron chi connectivity index (χ0n) is 13.7. The third-order valence-electron chi connectivity index (χ3n) is 5.66. The lowest BCUT2D eigenvalue weighted by molar-refractivity contribution is 0.0383. The number of hydrogen-bond acceptors (Lipinski definition) is 2. The summed E-state index contributed by atoms with van der Waals surface area (Å²) in [4.78, 5) is 2.83. The number of likely N-dealkylation sites (tertiary alicyclic amines) is 1. The number of piperidine rings is 1. The number of benzene rings is 1. The van der Waals surface area contributed by atoms with E-state index in [1.54, 1.807) is 0 Å². The van der Waals surface area contributed by atoms with Gasteiger partial charge >= 0.3 is 0 Å². The van der Waals surface area contributed by atoms with Gasteiger partial charge in [-0.25, -0.2) is 0 Å². The minimum atomic E-state index is 0.350. The minimum Gasteiger partial charge on any atom is -0.311 e. The number of rotatable bonds is 4. The second kappa shape index (κ2) is 6.50. The summed E-state index contributed by atoms with van der Waals surface area (Å²) in [7, 11) is 2.15. The standard InChI is InChI=1S/C19H30N2/c1-16-9-8-10-17(15-16)18(20-2)19(11-4-5-12-19)21-13-6-3-7-14-21/h8-10,15,18,20H,3-7,11-14H2,1-2H3. The molecule has 21 heavy (non-hydrogen) atoms. The van der Waals surface area contributed by atoms with Crippen molar-refractivity contribution < 1.29 is 0 Å². The van der Waals surface area contributed by atoms with Crippen LogP contribution in [0.1, 0.15) is 62.1 Å². The van der Waals surface area contributed by atoms with Crippen molar-refractivity contribution in [2.75, 3.05) is 20.1 Å². The summed E-state index contributed by atoms with van der Waals surface area (Å²) in [5.41, 5.74) is 3.20. The molecule has 0 amide bonds. The second-order valence-electron chi connectivity index (χ2n) is 6.99. The Morgan fingerprint density at radius 2 is 1.76 bits per heavy atom. The summed E-state index contributed by atoms with van der Waals surface area (Å²) in [6, 6.07) is 9.59. The van der Waals surface area contributed by atoms with E-state index in [0.717, 1.165) is 0 Å². The molecule has 0 radical (unpaired) electrons. The zero-order valence-corrected chi connectivity index (χ0v) is 13.7. The zero-order chi connectivity index (χ0) is 14.7. The van der Waals surface area contributed by atoms with Crippen molar-refractivity contribution in [1.82, 2.24) is 10.2 Å². The highest BCUT2D eigenvalue weighted by Crippen LogP contribution is 2.45. The lowest BCUT2D eigenvalue weighted by Gasteiger charge is -2.48. The molecule has 0 aromatic heterocycles. The molecule has 1 aliphatic carbocycles.